The van der Waals surface area contributed by atoms with E-state index in [1.54, 1.807) is 25.4 Å². The lowest BCUT2D eigenvalue weighted by Gasteiger charge is -2.26. The summed E-state index contributed by atoms with van der Waals surface area (Å²) < 4.78 is 13.4. The molecule has 1 aliphatic heterocycles. The van der Waals surface area contributed by atoms with E-state index in [9.17, 15) is 9.18 Å². The number of hydrogen-bond donors (Lipinski definition) is 3. The van der Waals surface area contributed by atoms with Crippen LogP contribution in [-0.2, 0) is 0 Å². The van der Waals surface area contributed by atoms with Crippen molar-refractivity contribution >= 4 is 11.6 Å². The maximum atomic E-state index is 13.4. The van der Waals surface area contributed by atoms with Crippen molar-refractivity contribution in [3.05, 3.63) is 47.3 Å². The number of hydrogen-bond acceptors (Lipinski definition) is 3. The lowest BCUT2D eigenvalue weighted by molar-refractivity contribution is 0.0933. The second-order valence-corrected chi connectivity index (χ2v) is 4.17. The number of nitrogens with zero attached hydrogens (tertiary/aromatic N) is 1. The largest absolute Gasteiger partial charge is 0.358 e. The van der Waals surface area contributed by atoms with Crippen molar-refractivity contribution < 1.29 is 9.18 Å². The van der Waals surface area contributed by atoms with Gasteiger partial charge in [-0.05, 0) is 24.6 Å². The maximum Gasteiger partial charge on any atom is 0.255 e. The molecular formula is C12H11FN4O. The van der Waals surface area contributed by atoms with E-state index in [2.05, 4.69) is 20.6 Å². The zero-order valence-corrected chi connectivity index (χ0v) is 9.62. The van der Waals surface area contributed by atoms with Crippen LogP contribution in [0.2, 0.25) is 0 Å². The predicted octanol–water partition coefficient (Wildman–Crippen LogP) is 1.71. The summed E-state index contributed by atoms with van der Waals surface area (Å²) in [7, 11) is 0. The van der Waals surface area contributed by atoms with Gasteiger partial charge < -0.3 is 15.6 Å². The number of imidazole rings is 1. The van der Waals surface area contributed by atoms with Crippen molar-refractivity contribution in [3.63, 3.8) is 0 Å². The molecule has 1 aromatic heterocycles. The van der Waals surface area contributed by atoms with E-state index in [4.69, 9.17) is 0 Å². The first-order valence-corrected chi connectivity index (χ1v) is 5.52. The normalized spacial score (nSPS) is 17.9. The summed E-state index contributed by atoms with van der Waals surface area (Å²) >= 11 is 0. The standard InChI is InChI=1S/C12H11FN4O/c1-6-4-9-7(5-8(6)13)12(18)17-11(16-9)10-14-2-3-15-10/h2-5,11,16H,1H3,(H,14,15)(H,17,18). The molecule has 0 saturated heterocycles. The lowest BCUT2D eigenvalue weighted by atomic mass is 10.1. The number of carbonyl (C=O) groups is 1. The van der Waals surface area contributed by atoms with Crippen LogP contribution in [0.15, 0.2) is 24.5 Å². The summed E-state index contributed by atoms with van der Waals surface area (Å²) in [5.41, 5.74) is 1.41. The molecule has 1 aromatic carbocycles. The zero-order valence-electron chi connectivity index (χ0n) is 9.62. The van der Waals surface area contributed by atoms with Gasteiger partial charge in [0.1, 0.15) is 11.6 Å². The molecule has 1 atom stereocenters. The molecule has 0 aliphatic carbocycles. The van der Waals surface area contributed by atoms with Crippen LogP contribution in [0, 0.1) is 12.7 Å². The van der Waals surface area contributed by atoms with Crippen molar-refractivity contribution in [1.29, 1.82) is 0 Å². The molecule has 6 heteroatoms. The van der Waals surface area contributed by atoms with Crippen LogP contribution in [0.3, 0.4) is 0 Å². The SMILES string of the molecule is Cc1cc2c(cc1F)C(=O)NC(c1ncc[nH]1)N2. The Kier molecular flexibility index (Phi) is 2.29. The van der Waals surface area contributed by atoms with Crippen molar-refractivity contribution in [1.82, 2.24) is 15.3 Å². The van der Waals surface area contributed by atoms with E-state index < -0.39 is 6.17 Å². The summed E-state index contributed by atoms with van der Waals surface area (Å²) in [6.45, 7) is 1.66. The molecule has 1 unspecified atom stereocenters. The van der Waals surface area contributed by atoms with Gasteiger partial charge in [-0.2, -0.15) is 0 Å². The Morgan fingerprint density at radius 1 is 1.33 bits per heavy atom. The van der Waals surface area contributed by atoms with Gasteiger partial charge >= 0.3 is 0 Å². The first-order valence-electron chi connectivity index (χ1n) is 5.52. The number of rotatable bonds is 1. The Hall–Kier alpha value is -2.37. The summed E-state index contributed by atoms with van der Waals surface area (Å²) in [5.74, 6) is -0.0952. The average molecular weight is 246 g/mol. The minimum atomic E-state index is -0.426. The number of benzene rings is 1. The number of carbonyl (C=O) groups excluding carboxylic acids is 1. The van der Waals surface area contributed by atoms with E-state index >= 15 is 0 Å². The fourth-order valence-electron chi connectivity index (χ4n) is 1.96. The third-order valence-electron chi connectivity index (χ3n) is 2.91. The van der Waals surface area contributed by atoms with Gasteiger partial charge in [-0.3, -0.25) is 4.79 Å². The number of fused-ring (bicyclic) bond motifs is 1. The van der Waals surface area contributed by atoms with Gasteiger partial charge in [-0.1, -0.05) is 0 Å². The number of aryl methyl sites for hydroxylation is 1. The maximum absolute atomic E-state index is 13.4. The summed E-state index contributed by atoms with van der Waals surface area (Å²) in [5, 5.41) is 5.82. The smallest absolute Gasteiger partial charge is 0.255 e. The fraction of sp³-hybridized carbons (Fsp3) is 0.167. The van der Waals surface area contributed by atoms with E-state index in [0.29, 0.717) is 22.6 Å². The second kappa shape index (κ2) is 3.83. The molecule has 5 nitrogen and oxygen atoms in total. The Bertz CT molecular complexity index is 609. The highest BCUT2D eigenvalue weighted by atomic mass is 19.1. The first-order chi connectivity index (χ1) is 8.65. The Labute approximate surface area is 102 Å². The van der Waals surface area contributed by atoms with Gasteiger partial charge in [-0.25, -0.2) is 9.37 Å². The Morgan fingerprint density at radius 3 is 2.89 bits per heavy atom. The highest BCUT2D eigenvalue weighted by Gasteiger charge is 2.26. The number of H-pyrrole nitrogens is 1. The number of amides is 1. The summed E-state index contributed by atoms with van der Waals surface area (Å²) in [6, 6.07) is 2.87. The average Bonchev–Trinajstić information content (AvgIpc) is 2.85. The van der Waals surface area contributed by atoms with Crippen LogP contribution in [0.4, 0.5) is 10.1 Å². The highest BCUT2D eigenvalue weighted by molar-refractivity contribution is 6.01. The fourth-order valence-corrected chi connectivity index (χ4v) is 1.96. The van der Waals surface area contributed by atoms with Crippen LogP contribution >= 0.6 is 0 Å². The molecule has 0 bridgehead atoms. The molecule has 0 fully saturated rings. The molecular weight excluding hydrogens is 235 g/mol. The number of halogens is 1. The van der Waals surface area contributed by atoms with Crippen molar-refractivity contribution in [2.45, 2.75) is 13.1 Å². The van der Waals surface area contributed by atoms with Crippen molar-refractivity contribution in [2.75, 3.05) is 5.32 Å². The monoisotopic (exact) mass is 246 g/mol. The molecule has 0 saturated carbocycles. The molecule has 2 aromatic rings. The Balaban J connectivity index is 2.02. The van der Waals surface area contributed by atoms with Crippen LogP contribution in [0.25, 0.3) is 0 Å². The van der Waals surface area contributed by atoms with Crippen LogP contribution in [-0.4, -0.2) is 15.9 Å². The second-order valence-electron chi connectivity index (χ2n) is 4.17. The van der Waals surface area contributed by atoms with Crippen LogP contribution in [0.1, 0.15) is 27.9 Å². The molecule has 2 heterocycles. The Morgan fingerprint density at radius 2 is 2.17 bits per heavy atom. The minimum Gasteiger partial charge on any atom is -0.358 e. The van der Waals surface area contributed by atoms with E-state index in [0.717, 1.165) is 0 Å². The molecule has 0 spiro atoms. The van der Waals surface area contributed by atoms with E-state index in [1.165, 1.54) is 6.07 Å². The molecule has 3 N–H and O–H groups in total. The van der Waals surface area contributed by atoms with Gasteiger partial charge in [0.25, 0.3) is 5.91 Å². The molecule has 18 heavy (non-hydrogen) atoms. The third kappa shape index (κ3) is 1.62. The highest BCUT2D eigenvalue weighted by Crippen LogP contribution is 2.27. The van der Waals surface area contributed by atoms with Crippen molar-refractivity contribution in [3.8, 4) is 0 Å². The quantitative estimate of drug-likeness (QED) is 0.717. The van der Waals surface area contributed by atoms with Crippen molar-refractivity contribution in [2.24, 2.45) is 0 Å². The van der Waals surface area contributed by atoms with Gasteiger partial charge in [0.05, 0.1) is 5.56 Å². The molecule has 1 amide bonds. The summed E-state index contributed by atoms with van der Waals surface area (Å²) in [6.07, 6.45) is 2.85. The van der Waals surface area contributed by atoms with Gasteiger partial charge in [-0.15, -0.1) is 0 Å². The van der Waals surface area contributed by atoms with Gasteiger partial charge in [0, 0.05) is 18.1 Å². The van der Waals surface area contributed by atoms with Crippen LogP contribution in [0.5, 0.6) is 0 Å². The zero-order chi connectivity index (χ0) is 12.7. The number of nitrogens with one attached hydrogen (secondary N) is 3. The number of anilines is 1. The van der Waals surface area contributed by atoms with Crippen LogP contribution < -0.4 is 10.6 Å². The molecule has 0 radical (unpaired) electrons. The summed E-state index contributed by atoms with van der Waals surface area (Å²) in [4.78, 5) is 18.9. The minimum absolute atomic E-state index is 0.306. The van der Waals surface area contributed by atoms with Gasteiger partial charge in [0.2, 0.25) is 0 Å². The molecule has 92 valence electrons. The first kappa shape index (κ1) is 10.8. The lowest BCUT2D eigenvalue weighted by Crippen LogP contribution is -2.39. The number of aromatic amines is 1. The van der Waals surface area contributed by atoms with Gasteiger partial charge in [0.15, 0.2) is 6.17 Å². The third-order valence-corrected chi connectivity index (χ3v) is 2.91. The predicted molar refractivity (Wildman–Crippen MR) is 63.6 cm³/mol. The van der Waals surface area contributed by atoms with E-state index in [1.807, 2.05) is 0 Å². The van der Waals surface area contributed by atoms with E-state index in [-0.39, 0.29) is 11.7 Å². The number of aromatic nitrogens is 2. The molecule has 1 aliphatic rings. The molecule has 3 rings (SSSR count). The topological polar surface area (TPSA) is 69.8 Å².